The monoisotopic (exact) mass is 447 g/mol. The first-order valence-electron chi connectivity index (χ1n) is 10.8. The summed E-state index contributed by atoms with van der Waals surface area (Å²) in [6, 6.07) is 8.43. The summed E-state index contributed by atoms with van der Waals surface area (Å²) in [6.45, 7) is 4.42. The molecule has 0 bridgehead atoms. The number of carboxylic acid groups (broad SMARTS) is 2. The number of imidazole rings is 1. The third-order valence-electron chi connectivity index (χ3n) is 5.80. The van der Waals surface area contributed by atoms with Crippen LogP contribution in [0.3, 0.4) is 0 Å². The van der Waals surface area contributed by atoms with E-state index in [0.29, 0.717) is 11.8 Å². The van der Waals surface area contributed by atoms with E-state index in [0.717, 1.165) is 64.2 Å². The lowest BCUT2D eigenvalue weighted by Crippen LogP contribution is -2.23. The molecule has 4 rings (SSSR count). The fourth-order valence-corrected chi connectivity index (χ4v) is 4.51. The number of benzene rings is 1. The van der Waals surface area contributed by atoms with Gasteiger partial charge >= 0.3 is 0 Å². The minimum absolute atomic E-state index is 0.0647. The summed E-state index contributed by atoms with van der Waals surface area (Å²) in [6.07, 6.45) is 9.72. The number of hydrogen-bond donors (Lipinski definition) is 3. The molecule has 0 radical (unpaired) electrons. The largest absolute Gasteiger partial charge is 0.493 e. The highest BCUT2D eigenvalue weighted by Gasteiger charge is 2.40. The smallest absolute Gasteiger partial charge is 0.290 e. The van der Waals surface area contributed by atoms with Gasteiger partial charge in [0.15, 0.2) is 0 Å². The van der Waals surface area contributed by atoms with E-state index in [1.165, 1.54) is 5.56 Å². The molecular formula is C23H33N3O6. The molecule has 2 aliphatic rings. The van der Waals surface area contributed by atoms with Gasteiger partial charge in [-0.15, -0.1) is 0 Å². The zero-order valence-corrected chi connectivity index (χ0v) is 18.2. The first-order chi connectivity index (χ1) is 15.6. The fraction of sp³-hybridized carbons (Fsp3) is 0.522. The predicted octanol–water partition coefficient (Wildman–Crippen LogP) is 2.35. The number of aliphatic hydroxyl groups excluding tert-OH is 1. The van der Waals surface area contributed by atoms with E-state index in [-0.39, 0.29) is 19.0 Å². The number of aliphatic hydroxyl groups is 1. The quantitative estimate of drug-likeness (QED) is 0.416. The Hall–Kier alpha value is -2.91. The molecule has 3 N–H and O–H groups in total. The van der Waals surface area contributed by atoms with Crippen LogP contribution in [0.4, 0.5) is 0 Å². The molecule has 1 saturated carbocycles. The van der Waals surface area contributed by atoms with Gasteiger partial charge in [-0.3, -0.25) is 14.5 Å². The second-order valence-electron chi connectivity index (χ2n) is 8.01. The highest BCUT2D eigenvalue weighted by Crippen LogP contribution is 2.38. The minimum atomic E-state index is -0.250. The van der Waals surface area contributed by atoms with Crippen molar-refractivity contribution in [1.29, 1.82) is 0 Å². The van der Waals surface area contributed by atoms with Gasteiger partial charge in [-0.25, -0.2) is 4.98 Å². The predicted molar refractivity (Wildman–Crippen MR) is 118 cm³/mol. The van der Waals surface area contributed by atoms with Crippen LogP contribution in [0.2, 0.25) is 0 Å². The van der Waals surface area contributed by atoms with Crippen LogP contribution in [-0.2, 0) is 22.7 Å². The van der Waals surface area contributed by atoms with Gasteiger partial charge in [0.05, 0.1) is 19.0 Å². The van der Waals surface area contributed by atoms with Gasteiger partial charge in [-0.2, -0.15) is 0 Å². The van der Waals surface area contributed by atoms with Crippen molar-refractivity contribution < 1.29 is 29.6 Å². The van der Waals surface area contributed by atoms with Crippen LogP contribution in [0.25, 0.3) is 0 Å². The fourth-order valence-electron chi connectivity index (χ4n) is 4.51. The van der Waals surface area contributed by atoms with Crippen molar-refractivity contribution in [3.05, 3.63) is 48.5 Å². The summed E-state index contributed by atoms with van der Waals surface area (Å²) in [5, 5.41) is 23.6. The number of nitrogens with zero attached hydrogens (tertiary/aromatic N) is 3. The van der Waals surface area contributed by atoms with Crippen molar-refractivity contribution in [3.63, 3.8) is 0 Å². The Labute approximate surface area is 188 Å². The highest BCUT2D eigenvalue weighted by molar-refractivity contribution is 5.33. The molecule has 2 heterocycles. The molecule has 9 nitrogen and oxygen atoms in total. The Kier molecular flexibility index (Phi) is 11.3. The number of unbranched alkanes of at least 4 members (excludes halogenated alkanes) is 1. The molecule has 1 unspecified atom stereocenters. The van der Waals surface area contributed by atoms with Crippen LogP contribution in [0, 0.1) is 11.8 Å². The lowest BCUT2D eigenvalue weighted by Gasteiger charge is -2.20. The maximum atomic E-state index is 9.81. The summed E-state index contributed by atoms with van der Waals surface area (Å²) < 4.78 is 8.19. The Morgan fingerprint density at radius 1 is 1.06 bits per heavy atom. The second kappa shape index (κ2) is 14.2. The third kappa shape index (κ3) is 8.32. The number of rotatable bonds is 8. The maximum absolute atomic E-state index is 9.81. The molecular weight excluding hydrogens is 414 g/mol. The average Bonchev–Trinajstić information content (AvgIpc) is 3.47. The van der Waals surface area contributed by atoms with E-state index in [1.54, 1.807) is 0 Å². The summed E-state index contributed by atoms with van der Waals surface area (Å²) in [5.41, 5.74) is 1.28. The molecule has 32 heavy (non-hydrogen) atoms. The number of carbonyl (C=O) groups is 2. The maximum Gasteiger partial charge on any atom is 0.290 e. The Balaban J connectivity index is 0.000000547. The SMILES string of the molecule is O=CO.O=CO.OC1C[C@@H]2CN(Cc3ccccc3OCCCCn3ccnc3)C[C@@H]2C1. The molecule has 2 fully saturated rings. The van der Waals surface area contributed by atoms with Gasteiger partial charge < -0.3 is 24.6 Å². The molecule has 1 aliphatic heterocycles. The van der Waals surface area contributed by atoms with Crippen molar-refractivity contribution in [2.75, 3.05) is 19.7 Å². The molecule has 2 aromatic rings. The number of aryl methyl sites for hydroxylation is 1. The van der Waals surface area contributed by atoms with Crippen molar-refractivity contribution in [2.45, 2.75) is 44.9 Å². The van der Waals surface area contributed by atoms with Crippen molar-refractivity contribution in [3.8, 4) is 5.75 Å². The van der Waals surface area contributed by atoms with E-state index in [4.69, 9.17) is 24.5 Å². The van der Waals surface area contributed by atoms with Gasteiger partial charge in [0.1, 0.15) is 5.75 Å². The van der Waals surface area contributed by atoms with Crippen LogP contribution in [0.5, 0.6) is 5.75 Å². The minimum Gasteiger partial charge on any atom is -0.493 e. The number of aromatic nitrogens is 2. The lowest BCUT2D eigenvalue weighted by molar-refractivity contribution is -0.123. The van der Waals surface area contributed by atoms with Crippen LogP contribution in [0.15, 0.2) is 43.0 Å². The third-order valence-corrected chi connectivity index (χ3v) is 5.80. The Bertz CT molecular complexity index is 766. The number of likely N-dealkylation sites (tertiary alicyclic amines) is 1. The van der Waals surface area contributed by atoms with E-state index in [1.807, 2.05) is 18.7 Å². The van der Waals surface area contributed by atoms with Gasteiger partial charge in [0.2, 0.25) is 0 Å². The van der Waals surface area contributed by atoms with Crippen molar-refractivity contribution in [2.24, 2.45) is 11.8 Å². The molecule has 1 saturated heterocycles. The molecule has 176 valence electrons. The van der Waals surface area contributed by atoms with Crippen molar-refractivity contribution >= 4 is 12.9 Å². The zero-order chi connectivity index (χ0) is 23.2. The number of fused-ring (bicyclic) bond motifs is 1. The van der Waals surface area contributed by atoms with E-state index >= 15 is 0 Å². The Morgan fingerprint density at radius 3 is 2.34 bits per heavy atom. The molecule has 1 aromatic heterocycles. The second-order valence-corrected chi connectivity index (χ2v) is 8.01. The van der Waals surface area contributed by atoms with Crippen LogP contribution < -0.4 is 4.74 Å². The molecule has 9 heteroatoms. The van der Waals surface area contributed by atoms with Crippen LogP contribution in [0.1, 0.15) is 31.2 Å². The van der Waals surface area contributed by atoms with Crippen LogP contribution in [-0.4, -0.2) is 68.5 Å². The van der Waals surface area contributed by atoms with Crippen molar-refractivity contribution in [1.82, 2.24) is 14.5 Å². The number of para-hydroxylation sites is 1. The molecule has 3 atom stereocenters. The van der Waals surface area contributed by atoms with E-state index in [2.05, 4.69) is 38.7 Å². The van der Waals surface area contributed by atoms with Gasteiger partial charge in [-0.05, 0) is 43.6 Å². The molecule has 1 aliphatic carbocycles. The topological polar surface area (TPSA) is 125 Å². The summed E-state index contributed by atoms with van der Waals surface area (Å²) in [4.78, 5) is 23.3. The normalized spacial score (nSPS) is 21.5. The van der Waals surface area contributed by atoms with E-state index < -0.39 is 0 Å². The lowest BCUT2D eigenvalue weighted by atomic mass is 10.0. The summed E-state index contributed by atoms with van der Waals surface area (Å²) >= 11 is 0. The summed E-state index contributed by atoms with van der Waals surface area (Å²) in [7, 11) is 0. The van der Waals surface area contributed by atoms with Gasteiger partial charge in [0.25, 0.3) is 12.9 Å². The average molecular weight is 448 g/mol. The van der Waals surface area contributed by atoms with Gasteiger partial charge in [-0.1, -0.05) is 18.2 Å². The zero-order valence-electron chi connectivity index (χ0n) is 18.2. The standard InChI is InChI=1S/C21H29N3O2.2CH2O2/c25-20-11-18-14-24(15-19(18)12-20)13-17-5-1-2-6-21(17)26-10-4-3-8-23-9-7-22-16-23;2*2-1-3/h1-2,5-7,9,16,18-20,25H,3-4,8,10-15H2;2*1H,(H,2,3)/t18-,19+,20?;;. The Morgan fingerprint density at radius 2 is 1.72 bits per heavy atom. The highest BCUT2D eigenvalue weighted by atomic mass is 16.5. The van der Waals surface area contributed by atoms with E-state index in [9.17, 15) is 5.11 Å². The molecule has 1 aromatic carbocycles. The first kappa shape index (κ1) is 25.4. The number of ether oxygens (including phenoxy) is 1. The first-order valence-corrected chi connectivity index (χ1v) is 10.8. The molecule has 0 amide bonds. The summed E-state index contributed by atoms with van der Waals surface area (Å²) in [5.74, 6) is 2.38. The van der Waals surface area contributed by atoms with Crippen LogP contribution >= 0.6 is 0 Å². The molecule has 0 spiro atoms. The van der Waals surface area contributed by atoms with Gasteiger partial charge in [0, 0.05) is 44.1 Å². The number of hydrogen-bond acceptors (Lipinski definition) is 6.